The van der Waals surface area contributed by atoms with E-state index in [0.29, 0.717) is 24.6 Å². The van der Waals surface area contributed by atoms with Crippen molar-refractivity contribution in [1.82, 2.24) is 15.1 Å². The molecule has 4 rings (SSSR count). The van der Waals surface area contributed by atoms with Crippen molar-refractivity contribution in [3.63, 3.8) is 0 Å². The molecule has 1 N–H and O–H groups in total. The summed E-state index contributed by atoms with van der Waals surface area (Å²) in [6.45, 7) is 8.64. The fourth-order valence-electron chi connectivity index (χ4n) is 4.88. The first-order valence-electron chi connectivity index (χ1n) is 11.5. The molecule has 0 spiro atoms. The average Bonchev–Trinajstić information content (AvgIpc) is 3.30. The highest BCUT2D eigenvalue weighted by Crippen LogP contribution is 2.44. The molecule has 1 saturated heterocycles. The molecule has 1 aromatic heterocycles. The van der Waals surface area contributed by atoms with Gasteiger partial charge in [0.05, 0.1) is 12.0 Å². The van der Waals surface area contributed by atoms with Crippen LogP contribution in [0.1, 0.15) is 65.9 Å². The third kappa shape index (κ3) is 4.85. The number of likely N-dealkylation sites (tertiary alicyclic amines) is 1. The van der Waals surface area contributed by atoms with E-state index in [1.165, 1.54) is 19.3 Å². The molecule has 0 bridgehead atoms. The predicted octanol–water partition coefficient (Wildman–Crippen LogP) is 4.29. The van der Waals surface area contributed by atoms with Crippen molar-refractivity contribution in [1.29, 1.82) is 0 Å². The maximum atomic E-state index is 13.6. The first-order chi connectivity index (χ1) is 15.1. The molecule has 1 aromatic carbocycles. The molecular formula is C25H33N3O2S. The van der Waals surface area contributed by atoms with Gasteiger partial charge >= 0.3 is 0 Å². The minimum atomic E-state index is -0.396. The molecule has 2 aromatic rings. The summed E-state index contributed by atoms with van der Waals surface area (Å²) in [6.07, 6.45) is 3.80. The standard InChI is InChI=1S/C25H33N3O2S/c1-18(2)17-28-23(21-11-8-16-31-21)22(19-9-4-5-10-20(19)25(28)30)24(29)26-12-15-27-13-6-3-7-14-27/h4-5,8-11,16,18,22-23H,3,6-7,12-15,17H2,1-2H3,(H,26,29)/t22-,23+/m1/s1. The summed E-state index contributed by atoms with van der Waals surface area (Å²) in [7, 11) is 0. The number of fused-ring (bicyclic) bond motifs is 1. The summed E-state index contributed by atoms with van der Waals surface area (Å²) in [5, 5.41) is 5.23. The lowest BCUT2D eigenvalue weighted by molar-refractivity contribution is -0.124. The molecule has 2 atom stereocenters. The highest BCUT2D eigenvalue weighted by molar-refractivity contribution is 7.10. The van der Waals surface area contributed by atoms with Crippen LogP contribution in [0.5, 0.6) is 0 Å². The van der Waals surface area contributed by atoms with Crippen LogP contribution in [-0.2, 0) is 4.79 Å². The zero-order chi connectivity index (χ0) is 21.8. The van der Waals surface area contributed by atoms with Crippen LogP contribution in [0.4, 0.5) is 0 Å². The average molecular weight is 440 g/mol. The number of carbonyl (C=O) groups is 2. The van der Waals surface area contributed by atoms with Crippen molar-refractivity contribution < 1.29 is 9.59 Å². The van der Waals surface area contributed by atoms with Crippen molar-refractivity contribution in [2.45, 2.75) is 45.1 Å². The first kappa shape index (κ1) is 22.0. The summed E-state index contributed by atoms with van der Waals surface area (Å²) in [5.41, 5.74) is 1.51. The van der Waals surface area contributed by atoms with E-state index in [9.17, 15) is 9.59 Å². The van der Waals surface area contributed by atoms with Crippen LogP contribution in [0.25, 0.3) is 0 Å². The van der Waals surface area contributed by atoms with Gasteiger partial charge in [-0.1, -0.05) is 44.5 Å². The van der Waals surface area contributed by atoms with E-state index in [1.54, 1.807) is 11.3 Å². The van der Waals surface area contributed by atoms with Crippen LogP contribution in [0.15, 0.2) is 41.8 Å². The Morgan fingerprint density at radius 3 is 2.61 bits per heavy atom. The lowest BCUT2D eigenvalue weighted by Crippen LogP contribution is -2.49. The zero-order valence-electron chi connectivity index (χ0n) is 18.5. The third-order valence-corrected chi connectivity index (χ3v) is 7.24. The minimum Gasteiger partial charge on any atom is -0.354 e. The third-order valence-electron chi connectivity index (χ3n) is 6.29. The second-order valence-corrected chi connectivity index (χ2v) is 10.0. The smallest absolute Gasteiger partial charge is 0.254 e. The summed E-state index contributed by atoms with van der Waals surface area (Å²) in [5.74, 6) is -0.0312. The van der Waals surface area contributed by atoms with Crippen LogP contribution in [0, 0.1) is 5.92 Å². The minimum absolute atomic E-state index is 0.0177. The van der Waals surface area contributed by atoms with E-state index in [0.717, 1.165) is 30.1 Å². The lowest BCUT2D eigenvalue weighted by atomic mass is 9.81. The number of carbonyl (C=O) groups excluding carboxylic acids is 2. The Hall–Kier alpha value is -2.18. The first-order valence-corrected chi connectivity index (χ1v) is 12.4. The number of amides is 2. The SMILES string of the molecule is CC(C)CN1C(=O)c2ccccc2[C@@H](C(=O)NCCN2CCCCC2)[C@@H]1c1cccs1. The quantitative estimate of drug-likeness (QED) is 0.700. The van der Waals surface area contributed by atoms with Gasteiger partial charge in [-0.2, -0.15) is 0 Å². The number of piperidine rings is 1. The Labute approximate surface area is 189 Å². The maximum Gasteiger partial charge on any atom is 0.254 e. The molecule has 2 aliphatic rings. The molecule has 6 heteroatoms. The summed E-state index contributed by atoms with van der Waals surface area (Å²) < 4.78 is 0. The molecule has 5 nitrogen and oxygen atoms in total. The highest BCUT2D eigenvalue weighted by Gasteiger charge is 2.44. The van der Waals surface area contributed by atoms with Gasteiger partial charge in [0.1, 0.15) is 0 Å². The number of hydrogen-bond acceptors (Lipinski definition) is 4. The van der Waals surface area contributed by atoms with Crippen LogP contribution in [0.3, 0.4) is 0 Å². The van der Waals surface area contributed by atoms with E-state index in [4.69, 9.17) is 0 Å². The molecule has 166 valence electrons. The van der Waals surface area contributed by atoms with Crippen LogP contribution < -0.4 is 5.32 Å². The second-order valence-electron chi connectivity index (χ2n) is 9.07. The van der Waals surface area contributed by atoms with Gasteiger partial charge in [0.25, 0.3) is 5.91 Å². The topological polar surface area (TPSA) is 52.7 Å². The number of thiophene rings is 1. The number of nitrogens with one attached hydrogen (secondary N) is 1. The van der Waals surface area contributed by atoms with Gasteiger partial charge in [0, 0.05) is 30.1 Å². The van der Waals surface area contributed by atoms with Crippen molar-refractivity contribution >= 4 is 23.2 Å². The number of hydrogen-bond donors (Lipinski definition) is 1. The van der Waals surface area contributed by atoms with Crippen molar-refractivity contribution in [2.24, 2.45) is 5.92 Å². The van der Waals surface area contributed by atoms with Crippen molar-refractivity contribution in [2.75, 3.05) is 32.7 Å². The van der Waals surface area contributed by atoms with Crippen molar-refractivity contribution in [3.8, 4) is 0 Å². The molecule has 0 aliphatic carbocycles. The molecule has 0 radical (unpaired) electrons. The summed E-state index contributed by atoms with van der Waals surface area (Å²) >= 11 is 1.62. The fourth-order valence-corrected chi connectivity index (χ4v) is 5.75. The normalized spacial score (nSPS) is 21.9. The Balaban J connectivity index is 1.62. The largest absolute Gasteiger partial charge is 0.354 e. The Morgan fingerprint density at radius 1 is 1.13 bits per heavy atom. The molecule has 0 unspecified atom stereocenters. The van der Waals surface area contributed by atoms with Gasteiger partial charge in [0.15, 0.2) is 0 Å². The van der Waals surface area contributed by atoms with Crippen LogP contribution in [0.2, 0.25) is 0 Å². The molecule has 0 saturated carbocycles. The van der Waals surface area contributed by atoms with E-state index in [2.05, 4.69) is 30.1 Å². The van der Waals surface area contributed by atoms with Crippen LogP contribution in [-0.4, -0.2) is 54.3 Å². The Bertz CT molecular complexity index is 890. The monoisotopic (exact) mass is 439 g/mol. The van der Waals surface area contributed by atoms with Gasteiger partial charge in [-0.3, -0.25) is 9.59 Å². The summed E-state index contributed by atoms with van der Waals surface area (Å²) in [6, 6.07) is 11.4. The lowest BCUT2D eigenvalue weighted by Gasteiger charge is -2.42. The van der Waals surface area contributed by atoms with Gasteiger partial charge in [-0.15, -0.1) is 11.3 Å². The molecule has 1 fully saturated rings. The van der Waals surface area contributed by atoms with Crippen LogP contribution >= 0.6 is 11.3 Å². The molecule has 3 heterocycles. The molecule has 2 amide bonds. The van der Waals surface area contributed by atoms with Crippen molar-refractivity contribution in [3.05, 3.63) is 57.8 Å². The van der Waals surface area contributed by atoms with E-state index >= 15 is 0 Å². The number of nitrogens with zero attached hydrogens (tertiary/aromatic N) is 2. The van der Waals surface area contributed by atoms with E-state index in [-0.39, 0.29) is 17.9 Å². The summed E-state index contributed by atoms with van der Waals surface area (Å²) in [4.78, 5) is 32.4. The maximum absolute atomic E-state index is 13.6. The van der Waals surface area contributed by atoms with Gasteiger partial charge in [-0.05, 0) is 54.9 Å². The number of benzene rings is 1. The Morgan fingerprint density at radius 2 is 1.90 bits per heavy atom. The van der Waals surface area contributed by atoms with Gasteiger partial charge < -0.3 is 15.1 Å². The Kier molecular flexibility index (Phi) is 7.08. The zero-order valence-corrected chi connectivity index (χ0v) is 19.4. The molecular weight excluding hydrogens is 406 g/mol. The highest BCUT2D eigenvalue weighted by atomic mass is 32.1. The van der Waals surface area contributed by atoms with E-state index in [1.807, 2.05) is 40.6 Å². The fraction of sp³-hybridized carbons (Fsp3) is 0.520. The molecule has 31 heavy (non-hydrogen) atoms. The van der Waals surface area contributed by atoms with E-state index < -0.39 is 5.92 Å². The van der Waals surface area contributed by atoms with Gasteiger partial charge in [0.2, 0.25) is 5.91 Å². The van der Waals surface area contributed by atoms with Gasteiger partial charge in [-0.25, -0.2) is 0 Å². The number of rotatable bonds is 7. The predicted molar refractivity (Wildman–Crippen MR) is 125 cm³/mol. The second kappa shape index (κ2) is 9.96. The molecule has 2 aliphatic heterocycles.